The third kappa shape index (κ3) is 2.87. The third-order valence-electron chi connectivity index (χ3n) is 4.81. The summed E-state index contributed by atoms with van der Waals surface area (Å²) in [7, 11) is 0. The van der Waals surface area contributed by atoms with Gasteiger partial charge in [-0.1, -0.05) is 96.2 Å². The predicted molar refractivity (Wildman–Crippen MR) is 106 cm³/mol. The van der Waals surface area contributed by atoms with Crippen LogP contribution in [-0.4, -0.2) is 21.0 Å². The van der Waals surface area contributed by atoms with Crippen molar-refractivity contribution in [2.24, 2.45) is 5.16 Å². The topological polar surface area (TPSA) is 50.4 Å². The Morgan fingerprint density at radius 2 is 1.21 bits per heavy atom. The first-order valence-electron chi connectivity index (χ1n) is 8.86. The van der Waals surface area contributed by atoms with Gasteiger partial charge in [-0.3, -0.25) is 4.57 Å². The third-order valence-corrected chi connectivity index (χ3v) is 4.81. The molecule has 0 aliphatic carbocycles. The zero-order valence-corrected chi connectivity index (χ0v) is 15.0. The summed E-state index contributed by atoms with van der Waals surface area (Å²) < 4.78 is 16.7. The van der Waals surface area contributed by atoms with Crippen molar-refractivity contribution in [3.05, 3.63) is 126 Å². The predicted octanol–water partition coefficient (Wildman–Crippen LogP) is 4.67. The van der Waals surface area contributed by atoms with E-state index >= 15 is 4.39 Å². The summed E-state index contributed by atoms with van der Waals surface area (Å²) in [5.41, 5.74) is 1.90. The molecule has 28 heavy (non-hydrogen) atoms. The maximum Gasteiger partial charge on any atom is 0.291 e. The van der Waals surface area contributed by atoms with Crippen molar-refractivity contribution in [1.29, 1.82) is 0 Å². The molecule has 1 N–H and O–H groups in total. The van der Waals surface area contributed by atoms with Crippen molar-refractivity contribution in [3.8, 4) is 0 Å². The van der Waals surface area contributed by atoms with Crippen LogP contribution in [0.4, 0.5) is 4.39 Å². The minimum Gasteiger partial charge on any atom is -0.411 e. The molecule has 0 aliphatic heterocycles. The van der Waals surface area contributed by atoms with Crippen molar-refractivity contribution < 1.29 is 9.60 Å². The quantitative estimate of drug-likeness (QED) is 0.240. The molecule has 1 heterocycles. The van der Waals surface area contributed by atoms with Crippen molar-refractivity contribution in [3.63, 3.8) is 0 Å². The minimum absolute atomic E-state index is 0.229. The zero-order valence-electron chi connectivity index (χ0n) is 15.0. The van der Waals surface area contributed by atoms with E-state index in [1.54, 1.807) is 6.20 Å². The van der Waals surface area contributed by atoms with E-state index in [9.17, 15) is 0 Å². The van der Waals surface area contributed by atoms with Gasteiger partial charge in [0.05, 0.1) is 6.21 Å². The van der Waals surface area contributed by atoms with E-state index in [2.05, 4.69) is 10.1 Å². The van der Waals surface area contributed by atoms with Crippen LogP contribution < -0.4 is 0 Å². The molecular formula is C23H18FN3O. The molecule has 4 aromatic rings. The molecule has 0 saturated carbocycles. The van der Waals surface area contributed by atoms with E-state index in [1.807, 2.05) is 91.0 Å². The zero-order chi connectivity index (χ0) is 19.4. The maximum atomic E-state index is 15.2. The van der Waals surface area contributed by atoms with Gasteiger partial charge < -0.3 is 5.21 Å². The first-order chi connectivity index (χ1) is 13.8. The van der Waals surface area contributed by atoms with Gasteiger partial charge in [-0.15, -0.1) is 0 Å². The number of rotatable bonds is 5. The molecule has 4 rings (SSSR count). The first-order valence-corrected chi connectivity index (χ1v) is 8.86. The average Bonchev–Trinajstić information content (AvgIpc) is 3.12. The summed E-state index contributed by atoms with van der Waals surface area (Å²) in [4.78, 5) is 3.93. The molecule has 1 aromatic heterocycles. The van der Waals surface area contributed by atoms with Gasteiger partial charge in [0.2, 0.25) is 0 Å². The summed E-state index contributed by atoms with van der Waals surface area (Å²) in [6, 6.07) is 29.2. The Labute approximate surface area is 162 Å². The summed E-state index contributed by atoms with van der Waals surface area (Å²) in [6.45, 7) is 0. The number of aromatic nitrogens is 2. The summed E-state index contributed by atoms with van der Waals surface area (Å²) >= 11 is 0. The van der Waals surface area contributed by atoms with E-state index < -0.39 is 11.6 Å². The molecule has 0 amide bonds. The second-order valence-electron chi connectivity index (χ2n) is 6.36. The Bertz CT molecular complexity index is 980. The number of hydrogen-bond donors (Lipinski definition) is 1. The van der Waals surface area contributed by atoms with Crippen LogP contribution in [0.3, 0.4) is 0 Å². The SMILES string of the molecule is O/N=C\c1cn(C(c2ccccc2)(c2ccccc2)c2ccccc2)c(F)n1. The van der Waals surface area contributed by atoms with Gasteiger partial charge in [-0.2, -0.15) is 4.39 Å². The minimum atomic E-state index is -0.984. The van der Waals surface area contributed by atoms with Gasteiger partial charge in [0.15, 0.2) is 0 Å². The van der Waals surface area contributed by atoms with Crippen molar-refractivity contribution in [2.45, 2.75) is 5.54 Å². The number of hydrogen-bond acceptors (Lipinski definition) is 3. The first kappa shape index (κ1) is 17.7. The molecule has 0 spiro atoms. The van der Waals surface area contributed by atoms with E-state index in [-0.39, 0.29) is 5.69 Å². The maximum absolute atomic E-state index is 15.2. The second-order valence-corrected chi connectivity index (χ2v) is 6.36. The summed E-state index contributed by atoms with van der Waals surface area (Å²) in [5, 5.41) is 11.9. The number of nitrogens with zero attached hydrogens (tertiary/aromatic N) is 3. The Hall–Kier alpha value is -3.73. The Morgan fingerprint density at radius 1 is 0.786 bits per heavy atom. The van der Waals surface area contributed by atoms with Crippen molar-refractivity contribution in [2.75, 3.05) is 0 Å². The van der Waals surface area contributed by atoms with Gasteiger partial charge >= 0.3 is 0 Å². The van der Waals surface area contributed by atoms with Crippen LogP contribution in [0.1, 0.15) is 22.4 Å². The lowest BCUT2D eigenvalue weighted by Crippen LogP contribution is -2.38. The van der Waals surface area contributed by atoms with Crippen LogP contribution in [0.25, 0.3) is 0 Å². The molecule has 0 fully saturated rings. The number of halogens is 1. The van der Waals surface area contributed by atoms with E-state index in [1.165, 1.54) is 4.57 Å². The number of benzene rings is 3. The summed E-state index contributed by atoms with van der Waals surface area (Å²) in [5.74, 6) is 0. The Morgan fingerprint density at radius 3 is 1.61 bits per heavy atom. The lowest BCUT2D eigenvalue weighted by molar-refractivity contribution is 0.321. The standard InChI is InChI=1S/C23H18FN3O/c24-22-26-21(16-25-28)17-27(22)23(18-10-4-1-5-11-18,19-12-6-2-7-13-19)20-14-8-3-9-15-20/h1-17,28H/b25-16-. The van der Waals surface area contributed by atoms with Gasteiger partial charge in [0.25, 0.3) is 6.08 Å². The van der Waals surface area contributed by atoms with Crippen LogP contribution in [0, 0.1) is 6.08 Å². The largest absolute Gasteiger partial charge is 0.411 e. The monoisotopic (exact) mass is 371 g/mol. The lowest BCUT2D eigenvalue weighted by atomic mass is 9.76. The highest BCUT2D eigenvalue weighted by Gasteiger charge is 2.40. The second kappa shape index (κ2) is 7.48. The highest BCUT2D eigenvalue weighted by molar-refractivity contribution is 5.76. The Balaban J connectivity index is 2.14. The molecule has 0 radical (unpaired) electrons. The van der Waals surface area contributed by atoms with Crippen LogP contribution in [0.5, 0.6) is 0 Å². The van der Waals surface area contributed by atoms with Gasteiger partial charge in [0, 0.05) is 6.20 Å². The smallest absolute Gasteiger partial charge is 0.291 e. The number of imidazole rings is 1. The molecular weight excluding hydrogens is 353 g/mol. The molecule has 0 unspecified atom stereocenters. The molecule has 0 saturated heterocycles. The normalized spacial score (nSPS) is 11.8. The van der Waals surface area contributed by atoms with E-state index in [4.69, 9.17) is 5.21 Å². The molecule has 3 aromatic carbocycles. The molecule has 5 heteroatoms. The Kier molecular flexibility index (Phi) is 4.72. The van der Waals surface area contributed by atoms with Crippen molar-refractivity contribution >= 4 is 6.21 Å². The average molecular weight is 371 g/mol. The number of oxime groups is 1. The highest BCUT2D eigenvalue weighted by atomic mass is 19.1. The van der Waals surface area contributed by atoms with Gasteiger partial charge in [-0.25, -0.2) is 4.98 Å². The van der Waals surface area contributed by atoms with E-state index in [0.717, 1.165) is 22.9 Å². The fraction of sp³-hybridized carbons (Fsp3) is 0.0435. The fourth-order valence-electron chi connectivity index (χ4n) is 3.69. The molecule has 138 valence electrons. The molecule has 0 aliphatic rings. The summed E-state index contributed by atoms with van der Waals surface area (Å²) in [6.07, 6.45) is 2.00. The van der Waals surface area contributed by atoms with Crippen LogP contribution in [0.2, 0.25) is 0 Å². The van der Waals surface area contributed by atoms with Crippen molar-refractivity contribution in [1.82, 2.24) is 9.55 Å². The van der Waals surface area contributed by atoms with Crippen LogP contribution >= 0.6 is 0 Å². The lowest BCUT2D eigenvalue weighted by Gasteiger charge is -2.37. The molecule has 0 bridgehead atoms. The van der Waals surface area contributed by atoms with Gasteiger partial charge in [0.1, 0.15) is 11.2 Å². The molecule has 0 atom stereocenters. The fourth-order valence-corrected chi connectivity index (χ4v) is 3.69. The van der Waals surface area contributed by atoms with E-state index in [0.29, 0.717) is 0 Å². The highest BCUT2D eigenvalue weighted by Crippen LogP contribution is 2.41. The van der Waals surface area contributed by atoms with Crippen LogP contribution in [0.15, 0.2) is 102 Å². The van der Waals surface area contributed by atoms with Crippen LogP contribution in [-0.2, 0) is 5.54 Å². The molecule has 4 nitrogen and oxygen atoms in total. The van der Waals surface area contributed by atoms with Gasteiger partial charge in [-0.05, 0) is 16.7 Å².